The van der Waals surface area contributed by atoms with Gasteiger partial charge in [0.05, 0.1) is 6.10 Å². The van der Waals surface area contributed by atoms with Crippen LogP contribution in [0.4, 0.5) is 0 Å². The first kappa shape index (κ1) is 22.5. The normalized spacial score (nSPS) is 19.6. The Bertz CT molecular complexity index is 720. The lowest BCUT2D eigenvalue weighted by atomic mass is 9.91. The van der Waals surface area contributed by atoms with Gasteiger partial charge in [-0.05, 0) is 57.6 Å². The number of ether oxygens (including phenoxy) is 2. The van der Waals surface area contributed by atoms with Crippen molar-refractivity contribution in [2.24, 2.45) is 0 Å². The van der Waals surface area contributed by atoms with E-state index < -0.39 is 5.60 Å². The van der Waals surface area contributed by atoms with Crippen LogP contribution in [0.25, 0.3) is 0 Å². The molecule has 1 aliphatic rings. The Hall–Kier alpha value is -2.17. The van der Waals surface area contributed by atoms with Gasteiger partial charge in [-0.1, -0.05) is 60.7 Å². The number of rotatable bonds is 8. The molecule has 4 nitrogen and oxygen atoms in total. The van der Waals surface area contributed by atoms with Crippen molar-refractivity contribution in [2.45, 2.75) is 77.3 Å². The van der Waals surface area contributed by atoms with E-state index in [1.165, 1.54) is 11.1 Å². The van der Waals surface area contributed by atoms with Crippen molar-refractivity contribution in [3.8, 4) is 0 Å². The van der Waals surface area contributed by atoms with E-state index in [4.69, 9.17) is 9.47 Å². The standard InChI is InChI=1S/C26H35NO3/c1-26(2,3)30-25(28)20-29-24-16-14-23(15-17-24)27(18-21-10-6-4-7-11-21)19-22-12-8-5-9-13-22/h4-13,23-24H,14-20H2,1-3H3. The van der Waals surface area contributed by atoms with Gasteiger partial charge in [0.25, 0.3) is 0 Å². The second kappa shape index (κ2) is 10.7. The third kappa shape index (κ3) is 7.58. The first-order chi connectivity index (χ1) is 14.4. The van der Waals surface area contributed by atoms with E-state index in [0.29, 0.717) is 6.04 Å². The molecule has 1 saturated carbocycles. The maximum absolute atomic E-state index is 11.9. The van der Waals surface area contributed by atoms with E-state index in [-0.39, 0.29) is 18.7 Å². The number of hydrogen-bond donors (Lipinski definition) is 0. The first-order valence-corrected chi connectivity index (χ1v) is 11.0. The van der Waals surface area contributed by atoms with E-state index in [1.807, 2.05) is 20.8 Å². The lowest BCUT2D eigenvalue weighted by Gasteiger charge is -2.37. The number of nitrogens with zero attached hydrogens (tertiary/aromatic N) is 1. The van der Waals surface area contributed by atoms with Crippen LogP contribution in [0.15, 0.2) is 60.7 Å². The topological polar surface area (TPSA) is 38.8 Å². The third-order valence-corrected chi connectivity index (χ3v) is 5.47. The molecule has 3 rings (SSSR count). The molecule has 2 aromatic carbocycles. The molecular weight excluding hydrogens is 374 g/mol. The lowest BCUT2D eigenvalue weighted by Crippen LogP contribution is -2.39. The average molecular weight is 410 g/mol. The van der Waals surface area contributed by atoms with Crippen molar-refractivity contribution in [1.82, 2.24) is 4.90 Å². The van der Waals surface area contributed by atoms with Crippen LogP contribution in [0.5, 0.6) is 0 Å². The van der Waals surface area contributed by atoms with Gasteiger partial charge in [0.15, 0.2) is 0 Å². The average Bonchev–Trinajstić information content (AvgIpc) is 2.72. The summed E-state index contributed by atoms with van der Waals surface area (Å²) in [6.45, 7) is 7.58. The molecule has 0 N–H and O–H groups in total. The minimum atomic E-state index is -0.465. The van der Waals surface area contributed by atoms with Crippen molar-refractivity contribution in [3.63, 3.8) is 0 Å². The zero-order chi connectivity index (χ0) is 21.4. The highest BCUT2D eigenvalue weighted by molar-refractivity contribution is 5.71. The van der Waals surface area contributed by atoms with E-state index in [1.54, 1.807) is 0 Å². The van der Waals surface area contributed by atoms with Crippen LogP contribution in [0.3, 0.4) is 0 Å². The molecule has 2 aromatic rings. The highest BCUT2D eigenvalue weighted by atomic mass is 16.6. The summed E-state index contributed by atoms with van der Waals surface area (Å²) in [7, 11) is 0. The SMILES string of the molecule is CC(C)(C)OC(=O)COC1CCC(N(Cc2ccccc2)Cc2ccccc2)CC1. The Morgan fingerprint density at radius 3 is 1.83 bits per heavy atom. The van der Waals surface area contributed by atoms with Crippen LogP contribution in [0, 0.1) is 0 Å². The molecule has 0 spiro atoms. The van der Waals surface area contributed by atoms with Crippen molar-refractivity contribution in [3.05, 3.63) is 71.8 Å². The van der Waals surface area contributed by atoms with Crippen molar-refractivity contribution >= 4 is 5.97 Å². The monoisotopic (exact) mass is 409 g/mol. The first-order valence-electron chi connectivity index (χ1n) is 11.0. The molecule has 162 valence electrons. The zero-order valence-corrected chi connectivity index (χ0v) is 18.5. The Kier molecular flexibility index (Phi) is 8.06. The molecule has 0 bridgehead atoms. The summed E-state index contributed by atoms with van der Waals surface area (Å²) >= 11 is 0. The highest BCUT2D eigenvalue weighted by Gasteiger charge is 2.27. The minimum absolute atomic E-state index is 0.0460. The summed E-state index contributed by atoms with van der Waals surface area (Å²) in [4.78, 5) is 14.5. The second-order valence-electron chi connectivity index (χ2n) is 9.20. The largest absolute Gasteiger partial charge is 0.458 e. The van der Waals surface area contributed by atoms with Gasteiger partial charge in [0.2, 0.25) is 0 Å². The smallest absolute Gasteiger partial charge is 0.332 e. The summed E-state index contributed by atoms with van der Waals surface area (Å²) in [5.41, 5.74) is 2.22. The molecule has 0 unspecified atom stereocenters. The molecule has 1 fully saturated rings. The lowest BCUT2D eigenvalue weighted by molar-refractivity contribution is -0.163. The van der Waals surface area contributed by atoms with Crippen LogP contribution in [-0.2, 0) is 27.4 Å². The molecule has 30 heavy (non-hydrogen) atoms. The Morgan fingerprint density at radius 1 is 0.867 bits per heavy atom. The fourth-order valence-electron chi connectivity index (χ4n) is 4.08. The maximum atomic E-state index is 11.9. The van der Waals surface area contributed by atoms with Crippen LogP contribution in [0.1, 0.15) is 57.6 Å². The molecule has 0 aromatic heterocycles. The summed E-state index contributed by atoms with van der Waals surface area (Å²) < 4.78 is 11.2. The van der Waals surface area contributed by atoms with E-state index in [0.717, 1.165) is 38.8 Å². The van der Waals surface area contributed by atoms with Gasteiger partial charge in [0.1, 0.15) is 12.2 Å². The molecule has 0 amide bonds. The molecule has 4 heteroatoms. The maximum Gasteiger partial charge on any atom is 0.332 e. The number of carbonyl (C=O) groups excluding carboxylic acids is 1. The molecule has 0 aliphatic heterocycles. The fourth-order valence-corrected chi connectivity index (χ4v) is 4.08. The van der Waals surface area contributed by atoms with Gasteiger partial charge in [-0.15, -0.1) is 0 Å². The van der Waals surface area contributed by atoms with Crippen LogP contribution in [-0.4, -0.2) is 35.2 Å². The summed E-state index contributed by atoms with van der Waals surface area (Å²) in [6.07, 6.45) is 4.27. The van der Waals surface area contributed by atoms with E-state index >= 15 is 0 Å². The Labute approximate surface area is 181 Å². The van der Waals surface area contributed by atoms with E-state index in [2.05, 4.69) is 65.6 Å². The van der Waals surface area contributed by atoms with Gasteiger partial charge in [-0.3, -0.25) is 4.90 Å². The number of hydrogen-bond acceptors (Lipinski definition) is 4. The number of benzene rings is 2. The zero-order valence-electron chi connectivity index (χ0n) is 18.5. The Balaban J connectivity index is 1.54. The van der Waals surface area contributed by atoms with E-state index in [9.17, 15) is 4.79 Å². The van der Waals surface area contributed by atoms with Gasteiger partial charge < -0.3 is 9.47 Å². The van der Waals surface area contributed by atoms with Crippen LogP contribution < -0.4 is 0 Å². The predicted octanol–water partition coefficient (Wildman–Crippen LogP) is 5.36. The molecule has 0 heterocycles. The second-order valence-corrected chi connectivity index (χ2v) is 9.20. The molecular formula is C26H35NO3. The fraction of sp³-hybridized carbons (Fsp3) is 0.500. The molecule has 0 radical (unpaired) electrons. The van der Waals surface area contributed by atoms with Crippen molar-refractivity contribution in [2.75, 3.05) is 6.61 Å². The molecule has 0 atom stereocenters. The predicted molar refractivity (Wildman–Crippen MR) is 120 cm³/mol. The van der Waals surface area contributed by atoms with Crippen LogP contribution >= 0.6 is 0 Å². The third-order valence-electron chi connectivity index (χ3n) is 5.47. The molecule has 1 aliphatic carbocycles. The summed E-state index contributed by atoms with van der Waals surface area (Å²) in [5, 5.41) is 0. The summed E-state index contributed by atoms with van der Waals surface area (Å²) in [5.74, 6) is -0.278. The van der Waals surface area contributed by atoms with Crippen molar-refractivity contribution in [1.29, 1.82) is 0 Å². The summed E-state index contributed by atoms with van der Waals surface area (Å²) in [6, 6.07) is 21.9. The highest BCUT2D eigenvalue weighted by Crippen LogP contribution is 2.28. The van der Waals surface area contributed by atoms with Crippen LogP contribution in [0.2, 0.25) is 0 Å². The quantitative estimate of drug-likeness (QED) is 0.550. The van der Waals surface area contributed by atoms with Gasteiger partial charge >= 0.3 is 5.97 Å². The van der Waals surface area contributed by atoms with Crippen molar-refractivity contribution < 1.29 is 14.3 Å². The number of esters is 1. The van der Waals surface area contributed by atoms with Gasteiger partial charge in [-0.25, -0.2) is 4.79 Å². The molecule has 0 saturated heterocycles. The number of carbonyl (C=O) groups is 1. The Morgan fingerprint density at radius 2 is 1.37 bits per heavy atom. The minimum Gasteiger partial charge on any atom is -0.458 e. The van der Waals surface area contributed by atoms with Gasteiger partial charge in [0, 0.05) is 19.1 Å². The van der Waals surface area contributed by atoms with Gasteiger partial charge in [-0.2, -0.15) is 0 Å².